The maximum absolute atomic E-state index is 12.0. The largest absolute Gasteiger partial charge is 0.384 e. The Hall–Kier alpha value is -2.04. The van der Waals surface area contributed by atoms with Crippen LogP contribution in [0.4, 0.5) is 5.69 Å². The fourth-order valence-electron chi connectivity index (χ4n) is 2.20. The molecule has 0 radical (unpaired) electrons. The zero-order valence-electron chi connectivity index (χ0n) is 11.0. The molecule has 0 aromatic heterocycles. The van der Waals surface area contributed by atoms with Crippen molar-refractivity contribution in [2.75, 3.05) is 25.0 Å². The van der Waals surface area contributed by atoms with Crippen LogP contribution in [0.5, 0.6) is 0 Å². The molecule has 0 spiro atoms. The maximum Gasteiger partial charge on any atom is 0.225 e. The average Bonchev–Trinajstić information content (AvgIpc) is 2.42. The molecule has 0 fully saturated rings. The minimum atomic E-state index is -0.0810. The van der Waals surface area contributed by atoms with Crippen molar-refractivity contribution in [2.45, 2.75) is 13.3 Å². The summed E-state index contributed by atoms with van der Waals surface area (Å²) in [5.41, 5.74) is 2.29. The van der Waals surface area contributed by atoms with Crippen LogP contribution < -0.4 is 16.0 Å². The lowest BCUT2D eigenvalue weighted by molar-refractivity contribution is -0.125. The molecule has 1 aliphatic heterocycles. The van der Waals surface area contributed by atoms with Gasteiger partial charge in [-0.2, -0.15) is 0 Å². The van der Waals surface area contributed by atoms with Crippen LogP contribution >= 0.6 is 0 Å². The molecule has 5 nitrogen and oxygen atoms in total. The fraction of sp³-hybridized carbons (Fsp3) is 0.429. The molecule has 1 aromatic rings. The molecule has 2 rings (SSSR count). The van der Waals surface area contributed by atoms with E-state index in [-0.39, 0.29) is 17.7 Å². The molecule has 102 valence electrons. The molecule has 0 aliphatic carbocycles. The first-order valence-corrected chi connectivity index (χ1v) is 6.50. The number of para-hydroxylation sites is 1. The molecule has 3 N–H and O–H groups in total. The van der Waals surface area contributed by atoms with Gasteiger partial charge in [-0.1, -0.05) is 18.2 Å². The summed E-state index contributed by atoms with van der Waals surface area (Å²) >= 11 is 0. The summed E-state index contributed by atoms with van der Waals surface area (Å²) < 4.78 is 0. The molecule has 1 heterocycles. The van der Waals surface area contributed by atoms with Crippen molar-refractivity contribution >= 4 is 17.5 Å². The fourth-order valence-corrected chi connectivity index (χ4v) is 2.20. The SMILES string of the molecule is CC(=O)NCCNC(=O)C1CNc2ccccc2C1. The van der Waals surface area contributed by atoms with Gasteiger partial charge in [0.15, 0.2) is 0 Å². The number of anilines is 1. The molecule has 0 bridgehead atoms. The van der Waals surface area contributed by atoms with E-state index in [0.717, 1.165) is 12.1 Å². The van der Waals surface area contributed by atoms with Gasteiger partial charge in [-0.15, -0.1) is 0 Å². The number of hydrogen-bond acceptors (Lipinski definition) is 3. The van der Waals surface area contributed by atoms with E-state index in [1.807, 2.05) is 24.3 Å². The predicted octanol–water partition coefficient (Wildman–Crippen LogP) is 0.523. The van der Waals surface area contributed by atoms with Gasteiger partial charge in [0.25, 0.3) is 0 Å². The second-order valence-corrected chi connectivity index (χ2v) is 4.71. The molecule has 0 saturated heterocycles. The third-order valence-electron chi connectivity index (χ3n) is 3.19. The molecular weight excluding hydrogens is 242 g/mol. The quantitative estimate of drug-likeness (QED) is 0.692. The van der Waals surface area contributed by atoms with Gasteiger partial charge in [0.05, 0.1) is 5.92 Å². The summed E-state index contributed by atoms with van der Waals surface area (Å²) in [6, 6.07) is 8.04. The number of amides is 2. The molecule has 1 aromatic carbocycles. The molecule has 1 unspecified atom stereocenters. The van der Waals surface area contributed by atoms with Gasteiger partial charge in [-0.3, -0.25) is 9.59 Å². The van der Waals surface area contributed by atoms with Crippen LogP contribution in [0.2, 0.25) is 0 Å². The summed E-state index contributed by atoms with van der Waals surface area (Å²) in [7, 11) is 0. The Morgan fingerprint density at radius 2 is 2.00 bits per heavy atom. The number of carbonyl (C=O) groups excluding carboxylic acids is 2. The van der Waals surface area contributed by atoms with E-state index in [0.29, 0.717) is 19.6 Å². The van der Waals surface area contributed by atoms with Gasteiger partial charge in [-0.25, -0.2) is 0 Å². The van der Waals surface area contributed by atoms with E-state index >= 15 is 0 Å². The van der Waals surface area contributed by atoms with Gasteiger partial charge in [0, 0.05) is 32.2 Å². The van der Waals surface area contributed by atoms with Crippen molar-refractivity contribution in [3.05, 3.63) is 29.8 Å². The van der Waals surface area contributed by atoms with Crippen molar-refractivity contribution in [1.29, 1.82) is 0 Å². The summed E-state index contributed by atoms with van der Waals surface area (Å²) in [4.78, 5) is 22.7. The van der Waals surface area contributed by atoms with E-state index in [2.05, 4.69) is 16.0 Å². The van der Waals surface area contributed by atoms with Gasteiger partial charge in [0.2, 0.25) is 11.8 Å². The zero-order valence-corrected chi connectivity index (χ0v) is 11.0. The minimum absolute atomic E-state index is 0.0346. The summed E-state index contributed by atoms with van der Waals surface area (Å²) in [5, 5.41) is 8.77. The third-order valence-corrected chi connectivity index (χ3v) is 3.19. The predicted molar refractivity (Wildman–Crippen MR) is 73.8 cm³/mol. The van der Waals surface area contributed by atoms with Crippen LogP contribution in [0, 0.1) is 5.92 Å². The van der Waals surface area contributed by atoms with Crippen LogP contribution in [0.3, 0.4) is 0 Å². The number of rotatable bonds is 4. The molecule has 0 saturated carbocycles. The summed E-state index contributed by atoms with van der Waals surface area (Å²) in [6.45, 7) is 3.06. The topological polar surface area (TPSA) is 70.2 Å². The zero-order chi connectivity index (χ0) is 13.7. The van der Waals surface area contributed by atoms with E-state index in [1.165, 1.54) is 12.5 Å². The molecule has 1 aliphatic rings. The Labute approximate surface area is 112 Å². The maximum atomic E-state index is 12.0. The highest BCUT2D eigenvalue weighted by atomic mass is 16.2. The first-order chi connectivity index (χ1) is 9.16. The Morgan fingerprint density at radius 1 is 1.26 bits per heavy atom. The Bertz CT molecular complexity index is 474. The highest BCUT2D eigenvalue weighted by Crippen LogP contribution is 2.24. The smallest absolute Gasteiger partial charge is 0.225 e. The first kappa shape index (κ1) is 13.4. The van der Waals surface area contributed by atoms with Crippen LogP contribution in [-0.2, 0) is 16.0 Å². The molecule has 19 heavy (non-hydrogen) atoms. The van der Waals surface area contributed by atoms with Crippen molar-refractivity contribution in [1.82, 2.24) is 10.6 Å². The van der Waals surface area contributed by atoms with Crippen LogP contribution in [0.1, 0.15) is 12.5 Å². The minimum Gasteiger partial charge on any atom is -0.384 e. The van der Waals surface area contributed by atoms with Gasteiger partial charge in [-0.05, 0) is 18.1 Å². The Morgan fingerprint density at radius 3 is 2.79 bits per heavy atom. The summed E-state index contributed by atoms with van der Waals surface area (Å²) in [6.07, 6.45) is 0.759. The lowest BCUT2D eigenvalue weighted by Crippen LogP contribution is -2.41. The number of nitrogens with one attached hydrogen (secondary N) is 3. The highest BCUT2D eigenvalue weighted by molar-refractivity contribution is 5.81. The number of carbonyl (C=O) groups is 2. The third kappa shape index (κ3) is 3.71. The lowest BCUT2D eigenvalue weighted by Gasteiger charge is -2.25. The van der Waals surface area contributed by atoms with Crippen molar-refractivity contribution in [2.24, 2.45) is 5.92 Å². The van der Waals surface area contributed by atoms with E-state index in [9.17, 15) is 9.59 Å². The molecule has 2 amide bonds. The lowest BCUT2D eigenvalue weighted by atomic mass is 9.93. The summed E-state index contributed by atoms with van der Waals surface area (Å²) in [5.74, 6) is -0.0953. The number of fused-ring (bicyclic) bond motifs is 1. The monoisotopic (exact) mass is 261 g/mol. The standard InChI is InChI=1S/C14H19N3O2/c1-10(18)15-6-7-16-14(19)12-8-11-4-2-3-5-13(11)17-9-12/h2-5,12,17H,6-9H2,1H3,(H,15,18)(H,16,19). The normalized spacial score (nSPS) is 17.0. The van der Waals surface area contributed by atoms with E-state index in [1.54, 1.807) is 0 Å². The van der Waals surface area contributed by atoms with Crippen molar-refractivity contribution in [3.63, 3.8) is 0 Å². The van der Waals surface area contributed by atoms with Gasteiger partial charge >= 0.3 is 0 Å². The van der Waals surface area contributed by atoms with Gasteiger partial charge < -0.3 is 16.0 Å². The number of hydrogen-bond donors (Lipinski definition) is 3. The van der Waals surface area contributed by atoms with E-state index in [4.69, 9.17) is 0 Å². The molecule has 1 atom stereocenters. The van der Waals surface area contributed by atoms with Gasteiger partial charge in [0.1, 0.15) is 0 Å². The Kier molecular flexibility index (Phi) is 4.39. The second kappa shape index (κ2) is 6.22. The second-order valence-electron chi connectivity index (χ2n) is 4.71. The van der Waals surface area contributed by atoms with Crippen LogP contribution in [0.25, 0.3) is 0 Å². The Balaban J connectivity index is 1.80. The average molecular weight is 261 g/mol. The molecule has 5 heteroatoms. The molecular formula is C14H19N3O2. The highest BCUT2D eigenvalue weighted by Gasteiger charge is 2.23. The van der Waals surface area contributed by atoms with Crippen LogP contribution in [0.15, 0.2) is 24.3 Å². The van der Waals surface area contributed by atoms with Crippen LogP contribution in [-0.4, -0.2) is 31.4 Å². The van der Waals surface area contributed by atoms with Crippen molar-refractivity contribution < 1.29 is 9.59 Å². The van der Waals surface area contributed by atoms with Crippen molar-refractivity contribution in [3.8, 4) is 0 Å². The van der Waals surface area contributed by atoms with E-state index < -0.39 is 0 Å². The number of benzene rings is 1. The first-order valence-electron chi connectivity index (χ1n) is 6.50.